The third kappa shape index (κ3) is 8.83. The van der Waals surface area contributed by atoms with E-state index >= 15 is 0 Å². The molecule has 0 radical (unpaired) electrons. The lowest BCUT2D eigenvalue weighted by Gasteiger charge is -2.01. The molecule has 0 unspecified atom stereocenters. The van der Waals surface area contributed by atoms with Crippen molar-refractivity contribution in [1.29, 1.82) is 0 Å². The highest BCUT2D eigenvalue weighted by molar-refractivity contribution is 5.81. The van der Waals surface area contributed by atoms with Crippen LogP contribution >= 0.6 is 0 Å². The number of hydrogen-bond donors (Lipinski definition) is 0. The number of esters is 1. The lowest BCUT2D eigenvalue weighted by molar-refractivity contribution is -0.134. The van der Waals surface area contributed by atoms with Gasteiger partial charge in [-0.25, -0.2) is 4.79 Å². The Morgan fingerprint density at radius 2 is 2.27 bits per heavy atom. The van der Waals surface area contributed by atoms with Gasteiger partial charge < -0.3 is 4.74 Å². The van der Waals surface area contributed by atoms with Gasteiger partial charge in [0.15, 0.2) is 0 Å². The van der Waals surface area contributed by atoms with Gasteiger partial charge >= 0.3 is 5.97 Å². The van der Waals surface area contributed by atoms with Crippen molar-refractivity contribution in [3.8, 4) is 12.3 Å². The Kier molecular flexibility index (Phi) is 8.18. The molecule has 0 heterocycles. The number of terminal acetylenes is 1. The van der Waals surface area contributed by atoms with Crippen molar-refractivity contribution >= 4 is 5.97 Å². The first-order valence-electron chi connectivity index (χ1n) is 5.05. The molecule has 0 aliphatic rings. The van der Waals surface area contributed by atoms with E-state index in [1.165, 1.54) is 18.8 Å². The standard InChI is InChI=1S/C13H18O2/c1-4-5-6-9-12(2)10-7-8-11-13(14)15-3/h1,8,11H,2,5-7,9-10H2,3H3/b11-8+. The Bertz CT molecular complexity index is 269. The number of carbonyl (C=O) groups is 1. The first kappa shape index (κ1) is 13.5. The van der Waals surface area contributed by atoms with E-state index in [-0.39, 0.29) is 5.97 Å². The largest absolute Gasteiger partial charge is 0.466 e. The molecule has 0 aliphatic heterocycles. The van der Waals surface area contributed by atoms with Gasteiger partial charge in [0.1, 0.15) is 0 Å². The van der Waals surface area contributed by atoms with Crippen molar-refractivity contribution < 1.29 is 9.53 Å². The van der Waals surface area contributed by atoms with Crippen molar-refractivity contribution in [1.82, 2.24) is 0 Å². The Labute approximate surface area is 92.0 Å². The maximum absolute atomic E-state index is 10.7. The van der Waals surface area contributed by atoms with E-state index in [1.54, 1.807) is 6.08 Å². The van der Waals surface area contributed by atoms with Gasteiger partial charge in [0.2, 0.25) is 0 Å². The monoisotopic (exact) mass is 206 g/mol. The van der Waals surface area contributed by atoms with E-state index < -0.39 is 0 Å². The van der Waals surface area contributed by atoms with Gasteiger partial charge in [0, 0.05) is 12.5 Å². The van der Waals surface area contributed by atoms with Crippen LogP contribution in [-0.2, 0) is 9.53 Å². The number of unbranched alkanes of at least 4 members (excludes halogenated alkanes) is 1. The molecule has 0 amide bonds. The van der Waals surface area contributed by atoms with Crippen LogP contribution in [-0.4, -0.2) is 13.1 Å². The Hall–Kier alpha value is -1.49. The van der Waals surface area contributed by atoms with Crippen molar-refractivity contribution in [3.63, 3.8) is 0 Å². The van der Waals surface area contributed by atoms with Gasteiger partial charge in [0.25, 0.3) is 0 Å². The number of hydrogen-bond acceptors (Lipinski definition) is 2. The predicted molar refractivity (Wildman–Crippen MR) is 62.2 cm³/mol. The second-order valence-electron chi connectivity index (χ2n) is 3.27. The van der Waals surface area contributed by atoms with E-state index in [2.05, 4.69) is 17.2 Å². The molecule has 0 saturated carbocycles. The van der Waals surface area contributed by atoms with E-state index in [9.17, 15) is 4.79 Å². The van der Waals surface area contributed by atoms with E-state index in [4.69, 9.17) is 6.42 Å². The van der Waals surface area contributed by atoms with E-state index in [0.29, 0.717) is 0 Å². The summed E-state index contributed by atoms with van der Waals surface area (Å²) in [5.41, 5.74) is 1.18. The molecule has 0 atom stereocenters. The third-order valence-corrected chi connectivity index (χ3v) is 1.97. The first-order valence-corrected chi connectivity index (χ1v) is 5.05. The summed E-state index contributed by atoms with van der Waals surface area (Å²) in [5.74, 6) is 2.28. The average Bonchev–Trinajstić information content (AvgIpc) is 2.24. The molecule has 0 spiro atoms. The van der Waals surface area contributed by atoms with Crippen LogP contribution in [0, 0.1) is 12.3 Å². The topological polar surface area (TPSA) is 26.3 Å². The lowest BCUT2D eigenvalue weighted by Crippen LogP contribution is -1.93. The highest BCUT2D eigenvalue weighted by Crippen LogP contribution is 2.11. The first-order chi connectivity index (χ1) is 7.20. The fraction of sp³-hybridized carbons (Fsp3) is 0.462. The van der Waals surface area contributed by atoms with Crippen LogP contribution in [0.1, 0.15) is 32.1 Å². The zero-order valence-electron chi connectivity index (χ0n) is 9.29. The van der Waals surface area contributed by atoms with Crippen LogP contribution in [0.2, 0.25) is 0 Å². The summed E-state index contributed by atoms with van der Waals surface area (Å²) in [6, 6.07) is 0. The molecule has 0 saturated heterocycles. The fourth-order valence-corrected chi connectivity index (χ4v) is 1.10. The summed E-state index contributed by atoms with van der Waals surface area (Å²) in [6.07, 6.45) is 12.9. The lowest BCUT2D eigenvalue weighted by atomic mass is 10.1. The Morgan fingerprint density at radius 3 is 2.87 bits per heavy atom. The van der Waals surface area contributed by atoms with Gasteiger partial charge in [-0.05, 0) is 25.7 Å². The Balaban J connectivity index is 3.51. The highest BCUT2D eigenvalue weighted by atomic mass is 16.5. The van der Waals surface area contributed by atoms with E-state index in [1.807, 2.05) is 0 Å². The van der Waals surface area contributed by atoms with Crippen LogP contribution in [0.25, 0.3) is 0 Å². The molecule has 0 rings (SSSR count). The molecular weight excluding hydrogens is 188 g/mol. The molecule has 2 nitrogen and oxygen atoms in total. The van der Waals surface area contributed by atoms with Gasteiger partial charge in [0.05, 0.1) is 7.11 Å². The smallest absolute Gasteiger partial charge is 0.330 e. The van der Waals surface area contributed by atoms with Gasteiger partial charge in [-0.3, -0.25) is 0 Å². The molecular formula is C13H18O2. The molecule has 0 aromatic carbocycles. The van der Waals surface area contributed by atoms with Crippen molar-refractivity contribution in [2.45, 2.75) is 32.1 Å². The second kappa shape index (κ2) is 9.08. The molecule has 0 N–H and O–H groups in total. The molecule has 82 valence electrons. The molecule has 0 aromatic heterocycles. The number of ether oxygens (including phenoxy) is 1. The Morgan fingerprint density at radius 1 is 1.53 bits per heavy atom. The summed E-state index contributed by atoms with van der Waals surface area (Å²) in [4.78, 5) is 10.7. The molecule has 0 bridgehead atoms. The van der Waals surface area contributed by atoms with Gasteiger partial charge in [-0.15, -0.1) is 12.3 Å². The number of rotatable bonds is 7. The zero-order valence-corrected chi connectivity index (χ0v) is 9.29. The molecule has 0 aliphatic carbocycles. The van der Waals surface area contributed by atoms with Crippen molar-refractivity contribution in [3.05, 3.63) is 24.3 Å². The van der Waals surface area contributed by atoms with Crippen molar-refractivity contribution in [2.75, 3.05) is 7.11 Å². The van der Waals surface area contributed by atoms with Crippen LogP contribution in [0.5, 0.6) is 0 Å². The average molecular weight is 206 g/mol. The fourth-order valence-electron chi connectivity index (χ4n) is 1.10. The normalized spacial score (nSPS) is 9.87. The van der Waals surface area contributed by atoms with Crippen LogP contribution in [0.4, 0.5) is 0 Å². The molecule has 0 aromatic rings. The number of carbonyl (C=O) groups excluding carboxylic acids is 1. The van der Waals surface area contributed by atoms with Crippen LogP contribution in [0.3, 0.4) is 0 Å². The maximum atomic E-state index is 10.7. The SMILES string of the molecule is C#CCCCC(=C)CC/C=C/C(=O)OC. The highest BCUT2D eigenvalue weighted by Gasteiger charge is 1.94. The summed E-state index contributed by atoms with van der Waals surface area (Å²) in [6.45, 7) is 3.94. The van der Waals surface area contributed by atoms with Gasteiger partial charge in [-0.2, -0.15) is 0 Å². The van der Waals surface area contributed by atoms with Crippen LogP contribution < -0.4 is 0 Å². The maximum Gasteiger partial charge on any atom is 0.330 e. The van der Waals surface area contributed by atoms with E-state index in [0.717, 1.165) is 32.1 Å². The minimum atomic E-state index is -0.312. The number of allylic oxidation sites excluding steroid dienone is 2. The molecule has 2 heteroatoms. The molecule has 15 heavy (non-hydrogen) atoms. The zero-order chi connectivity index (χ0) is 11.5. The minimum Gasteiger partial charge on any atom is -0.466 e. The second-order valence-corrected chi connectivity index (χ2v) is 3.27. The summed E-state index contributed by atoms with van der Waals surface area (Å²) in [7, 11) is 1.37. The van der Waals surface area contributed by atoms with Crippen LogP contribution in [0.15, 0.2) is 24.3 Å². The molecule has 0 fully saturated rings. The van der Waals surface area contributed by atoms with Crippen molar-refractivity contribution in [2.24, 2.45) is 0 Å². The summed E-state index contributed by atoms with van der Waals surface area (Å²) >= 11 is 0. The quantitative estimate of drug-likeness (QED) is 0.210. The minimum absolute atomic E-state index is 0.312. The summed E-state index contributed by atoms with van der Waals surface area (Å²) < 4.78 is 4.47. The van der Waals surface area contributed by atoms with Gasteiger partial charge in [-0.1, -0.05) is 18.2 Å². The third-order valence-electron chi connectivity index (χ3n) is 1.97. The predicted octanol–water partition coefficient (Wildman–Crippen LogP) is 2.86. The summed E-state index contributed by atoms with van der Waals surface area (Å²) in [5, 5.41) is 0. The number of methoxy groups -OCH3 is 1.